The van der Waals surface area contributed by atoms with Crippen LogP contribution in [0.5, 0.6) is 0 Å². The molecule has 0 aliphatic rings. The van der Waals surface area contributed by atoms with Gasteiger partial charge in [0.15, 0.2) is 13.2 Å². The van der Waals surface area contributed by atoms with Gasteiger partial charge in [0.05, 0.1) is 0 Å². The van der Waals surface area contributed by atoms with Crippen molar-refractivity contribution in [3.8, 4) is 0 Å². The molecule has 0 spiro atoms. The first-order chi connectivity index (χ1) is 11.4. The predicted molar refractivity (Wildman–Crippen MR) is 86.9 cm³/mol. The average molecular weight is 342 g/mol. The Hall–Kier alpha value is -2.38. The number of nitrogens with zero attached hydrogens (tertiary/aromatic N) is 2. The molecule has 0 atom stereocenters. The summed E-state index contributed by atoms with van der Waals surface area (Å²) in [5.74, 6) is -2.28. The van der Waals surface area contributed by atoms with Crippen LogP contribution in [0.2, 0.25) is 0 Å². The minimum absolute atomic E-state index is 0.311. The van der Waals surface area contributed by atoms with Crippen LogP contribution in [0, 0.1) is 0 Å². The normalized spacial score (nSPS) is 10.3. The zero-order valence-electron chi connectivity index (χ0n) is 14.7. The summed E-state index contributed by atoms with van der Waals surface area (Å²) in [6.07, 6.45) is 1.72. The Morgan fingerprint density at radius 2 is 0.958 bits per heavy atom. The van der Waals surface area contributed by atoms with Crippen molar-refractivity contribution < 1.29 is 28.7 Å². The Morgan fingerprint density at radius 1 is 0.667 bits per heavy atom. The summed E-state index contributed by atoms with van der Waals surface area (Å²) in [4.78, 5) is 49.2. The van der Waals surface area contributed by atoms with Crippen molar-refractivity contribution in [2.45, 2.75) is 27.7 Å². The largest absolute Gasteiger partial charge is 0.452 e. The zero-order chi connectivity index (χ0) is 18.5. The molecular weight excluding hydrogens is 316 g/mol. The summed E-state index contributed by atoms with van der Waals surface area (Å²) >= 11 is 0. The molecule has 8 nitrogen and oxygen atoms in total. The summed E-state index contributed by atoms with van der Waals surface area (Å²) in [5, 5.41) is 0. The number of likely N-dealkylation sites (N-methyl/N-ethyl adjacent to an activating group) is 2. The fourth-order valence-corrected chi connectivity index (χ4v) is 1.83. The lowest BCUT2D eigenvalue weighted by molar-refractivity contribution is -0.149. The van der Waals surface area contributed by atoms with Gasteiger partial charge in [-0.05, 0) is 27.7 Å². The lowest BCUT2D eigenvalue weighted by Crippen LogP contribution is -2.34. The third-order valence-corrected chi connectivity index (χ3v) is 3.26. The molecule has 2 amide bonds. The number of hydrogen-bond donors (Lipinski definition) is 0. The first kappa shape index (κ1) is 21.6. The van der Waals surface area contributed by atoms with Gasteiger partial charge >= 0.3 is 11.9 Å². The van der Waals surface area contributed by atoms with Gasteiger partial charge in [0.25, 0.3) is 11.8 Å². The minimum atomic E-state index is -0.831. The van der Waals surface area contributed by atoms with E-state index in [4.69, 9.17) is 9.47 Å². The van der Waals surface area contributed by atoms with Crippen LogP contribution in [-0.4, -0.2) is 72.9 Å². The number of hydrogen-bond acceptors (Lipinski definition) is 6. The topological polar surface area (TPSA) is 93.2 Å². The molecule has 0 aliphatic carbocycles. The second-order valence-electron chi connectivity index (χ2n) is 4.68. The van der Waals surface area contributed by atoms with Crippen molar-refractivity contribution in [3.63, 3.8) is 0 Å². The molecule has 136 valence electrons. The molecule has 0 saturated carbocycles. The van der Waals surface area contributed by atoms with Crippen molar-refractivity contribution in [1.29, 1.82) is 0 Å². The number of carbonyl (C=O) groups is 4. The summed E-state index contributed by atoms with van der Waals surface area (Å²) in [5.41, 5.74) is 0. The number of ether oxygens (including phenoxy) is 2. The fraction of sp³-hybridized carbons (Fsp3) is 0.625. The van der Waals surface area contributed by atoms with E-state index < -0.39 is 11.9 Å². The molecule has 0 aromatic heterocycles. The molecule has 0 fully saturated rings. The highest BCUT2D eigenvalue weighted by atomic mass is 16.5. The van der Waals surface area contributed by atoms with E-state index in [1.165, 1.54) is 9.80 Å². The SMILES string of the molecule is CCN(CC)C(=O)COC(=O)C=CC(=O)OCC(=O)N(CC)CC. The molecular formula is C16H26N2O6. The van der Waals surface area contributed by atoms with Crippen LogP contribution in [0.1, 0.15) is 27.7 Å². The molecule has 0 aliphatic heterocycles. The molecule has 0 aromatic carbocycles. The van der Waals surface area contributed by atoms with E-state index in [1.54, 1.807) is 0 Å². The molecule has 0 heterocycles. The van der Waals surface area contributed by atoms with Gasteiger partial charge in [0.1, 0.15) is 0 Å². The van der Waals surface area contributed by atoms with Crippen LogP contribution in [0.15, 0.2) is 12.2 Å². The minimum Gasteiger partial charge on any atom is -0.452 e. The second-order valence-corrected chi connectivity index (χ2v) is 4.68. The molecule has 8 heteroatoms. The van der Waals surface area contributed by atoms with Gasteiger partial charge in [-0.2, -0.15) is 0 Å². The van der Waals surface area contributed by atoms with Crippen molar-refractivity contribution in [1.82, 2.24) is 9.80 Å². The Kier molecular flexibility index (Phi) is 10.9. The molecule has 24 heavy (non-hydrogen) atoms. The van der Waals surface area contributed by atoms with Gasteiger partial charge < -0.3 is 19.3 Å². The van der Waals surface area contributed by atoms with Crippen molar-refractivity contribution in [2.75, 3.05) is 39.4 Å². The fourth-order valence-electron chi connectivity index (χ4n) is 1.83. The lowest BCUT2D eigenvalue weighted by atomic mass is 10.4. The Morgan fingerprint density at radius 3 is 1.21 bits per heavy atom. The first-order valence-corrected chi connectivity index (χ1v) is 7.96. The van der Waals surface area contributed by atoms with E-state index in [0.717, 1.165) is 12.2 Å². The van der Waals surface area contributed by atoms with E-state index in [0.29, 0.717) is 26.2 Å². The van der Waals surface area contributed by atoms with Crippen LogP contribution >= 0.6 is 0 Å². The number of rotatable bonds is 10. The van der Waals surface area contributed by atoms with Gasteiger partial charge in [-0.15, -0.1) is 0 Å². The van der Waals surface area contributed by atoms with Crippen LogP contribution in [0.25, 0.3) is 0 Å². The Labute approximate surface area is 142 Å². The smallest absolute Gasteiger partial charge is 0.331 e. The van der Waals surface area contributed by atoms with Crippen LogP contribution in [0.3, 0.4) is 0 Å². The lowest BCUT2D eigenvalue weighted by Gasteiger charge is -2.18. The Balaban J connectivity index is 4.19. The van der Waals surface area contributed by atoms with Crippen molar-refractivity contribution in [3.05, 3.63) is 12.2 Å². The number of amides is 2. The van der Waals surface area contributed by atoms with Gasteiger partial charge in [-0.25, -0.2) is 9.59 Å². The van der Waals surface area contributed by atoms with Crippen LogP contribution in [0.4, 0.5) is 0 Å². The molecule has 0 N–H and O–H groups in total. The van der Waals surface area contributed by atoms with Gasteiger partial charge in [0, 0.05) is 38.3 Å². The first-order valence-electron chi connectivity index (χ1n) is 7.96. The van der Waals surface area contributed by atoms with Gasteiger partial charge in [-0.3, -0.25) is 9.59 Å². The van der Waals surface area contributed by atoms with E-state index in [9.17, 15) is 19.2 Å². The second kappa shape index (κ2) is 12.1. The van der Waals surface area contributed by atoms with E-state index in [2.05, 4.69) is 0 Å². The van der Waals surface area contributed by atoms with E-state index >= 15 is 0 Å². The monoisotopic (exact) mass is 342 g/mol. The molecule has 0 rings (SSSR count). The third-order valence-electron chi connectivity index (χ3n) is 3.26. The number of esters is 2. The quantitative estimate of drug-likeness (QED) is 0.420. The highest BCUT2D eigenvalue weighted by molar-refractivity contribution is 5.93. The van der Waals surface area contributed by atoms with Crippen LogP contribution in [-0.2, 0) is 28.7 Å². The van der Waals surface area contributed by atoms with Crippen LogP contribution < -0.4 is 0 Å². The molecule has 0 aromatic rings. The third kappa shape index (κ3) is 8.30. The van der Waals surface area contributed by atoms with Crippen molar-refractivity contribution in [2.24, 2.45) is 0 Å². The van der Waals surface area contributed by atoms with E-state index in [-0.39, 0.29) is 25.0 Å². The zero-order valence-corrected chi connectivity index (χ0v) is 14.7. The summed E-state index contributed by atoms with van der Waals surface area (Å²) < 4.78 is 9.48. The summed E-state index contributed by atoms with van der Waals surface area (Å²) in [6, 6.07) is 0. The van der Waals surface area contributed by atoms with Crippen molar-refractivity contribution >= 4 is 23.8 Å². The number of carbonyl (C=O) groups excluding carboxylic acids is 4. The molecule has 0 radical (unpaired) electrons. The summed E-state index contributed by atoms with van der Waals surface area (Å²) in [7, 11) is 0. The maximum Gasteiger partial charge on any atom is 0.331 e. The van der Waals surface area contributed by atoms with Gasteiger partial charge in [0.2, 0.25) is 0 Å². The molecule has 0 unspecified atom stereocenters. The maximum absolute atomic E-state index is 11.6. The molecule has 0 bridgehead atoms. The molecule has 0 saturated heterocycles. The predicted octanol–water partition coefficient (Wildman–Crippen LogP) is 0.366. The average Bonchev–Trinajstić information content (AvgIpc) is 2.58. The highest BCUT2D eigenvalue weighted by Gasteiger charge is 2.13. The maximum atomic E-state index is 11.6. The highest BCUT2D eigenvalue weighted by Crippen LogP contribution is 1.93. The van der Waals surface area contributed by atoms with Gasteiger partial charge in [-0.1, -0.05) is 0 Å². The van der Waals surface area contributed by atoms with E-state index in [1.807, 2.05) is 27.7 Å². The summed E-state index contributed by atoms with van der Waals surface area (Å²) in [6.45, 7) is 8.59. The standard InChI is InChI=1S/C16H26N2O6/c1-5-17(6-2)13(19)11-23-15(21)9-10-16(22)24-12-14(20)18(7-3)8-4/h9-10H,5-8,11-12H2,1-4H3. The Bertz CT molecular complexity index is 425.